The topological polar surface area (TPSA) is 3.24 Å². The second-order valence-electron chi connectivity index (χ2n) is 9.00. The van der Waals surface area contributed by atoms with Crippen LogP contribution in [0.5, 0.6) is 0 Å². The number of anilines is 3. The molecule has 0 spiro atoms. The summed E-state index contributed by atoms with van der Waals surface area (Å²) in [7, 11) is 0. The van der Waals surface area contributed by atoms with Crippen LogP contribution in [0.3, 0.4) is 0 Å². The van der Waals surface area contributed by atoms with Gasteiger partial charge in [-0.25, -0.2) is 0 Å². The van der Waals surface area contributed by atoms with Crippen molar-refractivity contribution in [1.29, 1.82) is 0 Å². The SMILES string of the molecule is c1ccc(-c2ccccc2N(c2ccccc2)c2ccc3c(ccc4c5ccccc5[se]c34)c2)cc1. The zero-order chi connectivity index (χ0) is 23.9. The number of nitrogens with zero attached hydrogens (tertiary/aromatic N) is 1. The molecule has 7 aromatic rings. The van der Waals surface area contributed by atoms with Crippen LogP contribution < -0.4 is 4.90 Å². The second-order valence-corrected chi connectivity index (χ2v) is 11.2. The molecule has 2 heteroatoms. The number of fused-ring (bicyclic) bond motifs is 5. The fraction of sp³-hybridized carbons (Fsp3) is 0. The van der Waals surface area contributed by atoms with Crippen LogP contribution in [0.2, 0.25) is 0 Å². The van der Waals surface area contributed by atoms with Gasteiger partial charge < -0.3 is 0 Å². The van der Waals surface area contributed by atoms with Crippen molar-refractivity contribution in [3.63, 3.8) is 0 Å². The first kappa shape index (κ1) is 21.2. The summed E-state index contributed by atoms with van der Waals surface area (Å²) in [6.45, 7) is 0. The van der Waals surface area contributed by atoms with Gasteiger partial charge in [-0.2, -0.15) is 0 Å². The molecule has 1 aromatic heterocycles. The summed E-state index contributed by atoms with van der Waals surface area (Å²) in [6.07, 6.45) is 0. The molecule has 0 aliphatic rings. The molecule has 1 heterocycles. The van der Waals surface area contributed by atoms with Crippen LogP contribution in [0.15, 0.2) is 140 Å². The monoisotopic (exact) mass is 525 g/mol. The molecular formula is C34H23NSe. The zero-order valence-electron chi connectivity index (χ0n) is 19.6. The summed E-state index contributed by atoms with van der Waals surface area (Å²) in [6, 6.07) is 50.5. The summed E-state index contributed by atoms with van der Waals surface area (Å²) < 4.78 is 2.99. The Bertz CT molecular complexity index is 1830. The Kier molecular flexibility index (Phi) is 5.21. The van der Waals surface area contributed by atoms with Crippen LogP contribution in [0.1, 0.15) is 0 Å². The Labute approximate surface area is 216 Å². The molecule has 1 nitrogen and oxygen atoms in total. The molecule has 0 aliphatic carbocycles. The van der Waals surface area contributed by atoms with Crippen molar-refractivity contribution < 1.29 is 0 Å². The van der Waals surface area contributed by atoms with Gasteiger partial charge in [0.15, 0.2) is 0 Å². The molecule has 0 radical (unpaired) electrons. The van der Waals surface area contributed by atoms with Crippen LogP contribution in [-0.2, 0) is 0 Å². The standard InChI is InChI=1S/C34H23NSe/c1-3-11-24(12-4-1)28-15-7-9-17-32(28)35(26-13-5-2-6-14-26)27-20-22-29-25(23-27)19-21-31-30-16-8-10-18-33(30)36-34(29)31/h1-23H. The first-order valence-corrected chi connectivity index (χ1v) is 13.9. The normalized spacial score (nSPS) is 11.3. The Hall–Kier alpha value is -4.10. The van der Waals surface area contributed by atoms with Crippen LogP contribution in [0.25, 0.3) is 41.2 Å². The van der Waals surface area contributed by atoms with Gasteiger partial charge in [0.05, 0.1) is 0 Å². The number of hydrogen-bond donors (Lipinski definition) is 0. The molecular weight excluding hydrogens is 501 g/mol. The Morgan fingerprint density at radius 3 is 2.03 bits per heavy atom. The number of rotatable bonds is 4. The maximum absolute atomic E-state index is 2.38. The van der Waals surface area contributed by atoms with Crippen LogP contribution >= 0.6 is 0 Å². The molecule has 0 saturated carbocycles. The summed E-state index contributed by atoms with van der Waals surface area (Å²) in [5.41, 5.74) is 5.92. The average Bonchev–Trinajstić information content (AvgIpc) is 3.34. The molecule has 0 saturated heterocycles. The van der Waals surface area contributed by atoms with E-state index in [-0.39, 0.29) is 0 Å². The fourth-order valence-electron chi connectivity index (χ4n) is 5.17. The predicted octanol–water partition coefficient (Wildman–Crippen LogP) is 9.34. The van der Waals surface area contributed by atoms with Crippen molar-refractivity contribution in [2.75, 3.05) is 4.90 Å². The van der Waals surface area contributed by atoms with Gasteiger partial charge in [0.1, 0.15) is 0 Å². The first-order chi connectivity index (χ1) is 17.9. The first-order valence-electron chi connectivity index (χ1n) is 12.2. The molecule has 0 unspecified atom stereocenters. The quantitative estimate of drug-likeness (QED) is 0.207. The number of hydrogen-bond acceptors (Lipinski definition) is 1. The van der Waals surface area contributed by atoms with Crippen LogP contribution in [0, 0.1) is 0 Å². The predicted molar refractivity (Wildman–Crippen MR) is 156 cm³/mol. The molecule has 0 fully saturated rings. The molecule has 7 rings (SSSR count). The van der Waals surface area contributed by atoms with Gasteiger partial charge in [-0.1, -0.05) is 0 Å². The molecule has 6 aromatic carbocycles. The molecule has 0 N–H and O–H groups in total. The summed E-state index contributed by atoms with van der Waals surface area (Å²) in [4.78, 5) is 2.38. The maximum atomic E-state index is 2.38. The second kappa shape index (κ2) is 8.84. The van der Waals surface area contributed by atoms with Crippen molar-refractivity contribution in [2.24, 2.45) is 0 Å². The molecule has 170 valence electrons. The van der Waals surface area contributed by atoms with Gasteiger partial charge >= 0.3 is 217 Å². The van der Waals surface area contributed by atoms with E-state index in [9.17, 15) is 0 Å². The molecule has 0 atom stereocenters. The van der Waals surface area contributed by atoms with E-state index in [1.807, 2.05) is 0 Å². The third-order valence-electron chi connectivity index (χ3n) is 6.85. The third kappa shape index (κ3) is 3.55. The fourth-order valence-corrected chi connectivity index (χ4v) is 7.77. The van der Waals surface area contributed by atoms with E-state index in [4.69, 9.17) is 0 Å². The minimum atomic E-state index is 0.339. The van der Waals surface area contributed by atoms with Gasteiger partial charge in [0, 0.05) is 0 Å². The van der Waals surface area contributed by atoms with Crippen molar-refractivity contribution in [3.05, 3.63) is 140 Å². The summed E-state index contributed by atoms with van der Waals surface area (Å²) in [5, 5.41) is 5.47. The zero-order valence-corrected chi connectivity index (χ0v) is 21.3. The molecule has 0 aliphatic heterocycles. The van der Waals surface area contributed by atoms with E-state index < -0.39 is 0 Å². The van der Waals surface area contributed by atoms with Crippen molar-refractivity contribution >= 4 is 61.6 Å². The van der Waals surface area contributed by atoms with Gasteiger partial charge in [-0.05, 0) is 0 Å². The molecule has 0 amide bonds. The van der Waals surface area contributed by atoms with Crippen molar-refractivity contribution in [3.8, 4) is 11.1 Å². The van der Waals surface area contributed by atoms with Crippen LogP contribution in [-0.4, -0.2) is 14.5 Å². The van der Waals surface area contributed by atoms with Crippen molar-refractivity contribution in [2.45, 2.75) is 0 Å². The van der Waals surface area contributed by atoms with Crippen molar-refractivity contribution in [1.82, 2.24) is 0 Å². The van der Waals surface area contributed by atoms with E-state index in [1.165, 1.54) is 52.6 Å². The summed E-state index contributed by atoms with van der Waals surface area (Å²) in [5.74, 6) is 0. The Morgan fingerprint density at radius 2 is 1.17 bits per heavy atom. The Balaban J connectivity index is 1.45. The third-order valence-corrected chi connectivity index (χ3v) is 9.40. The Morgan fingerprint density at radius 1 is 0.472 bits per heavy atom. The van der Waals surface area contributed by atoms with E-state index in [0.29, 0.717) is 14.5 Å². The summed E-state index contributed by atoms with van der Waals surface area (Å²) >= 11 is 0.339. The average molecular weight is 525 g/mol. The van der Waals surface area contributed by atoms with Gasteiger partial charge in [-0.3, -0.25) is 0 Å². The van der Waals surface area contributed by atoms with Gasteiger partial charge in [0.2, 0.25) is 0 Å². The number of para-hydroxylation sites is 2. The van der Waals surface area contributed by atoms with Gasteiger partial charge in [0.25, 0.3) is 0 Å². The van der Waals surface area contributed by atoms with Gasteiger partial charge in [-0.15, -0.1) is 0 Å². The minimum absolute atomic E-state index is 0.339. The number of benzene rings is 6. The van der Waals surface area contributed by atoms with E-state index >= 15 is 0 Å². The van der Waals surface area contributed by atoms with E-state index in [0.717, 1.165) is 5.69 Å². The molecule has 36 heavy (non-hydrogen) atoms. The molecule has 0 bridgehead atoms. The van der Waals surface area contributed by atoms with E-state index in [1.54, 1.807) is 0 Å². The van der Waals surface area contributed by atoms with Crippen LogP contribution in [0.4, 0.5) is 17.1 Å². The van der Waals surface area contributed by atoms with E-state index in [2.05, 4.69) is 144 Å².